The van der Waals surface area contributed by atoms with Crippen LogP contribution in [0.25, 0.3) is 16.9 Å². The summed E-state index contributed by atoms with van der Waals surface area (Å²) in [5.41, 5.74) is 5.92. The maximum Gasteiger partial charge on any atom is 0.137 e. The number of hydrogen-bond acceptors (Lipinski definition) is 3. The van der Waals surface area contributed by atoms with Crippen molar-refractivity contribution >= 4 is 5.65 Å². The molecule has 2 aromatic heterocycles. The Kier molecular flexibility index (Phi) is 3.39. The van der Waals surface area contributed by atoms with E-state index >= 15 is 0 Å². The third-order valence-electron chi connectivity index (χ3n) is 3.80. The Labute approximate surface area is 123 Å². The van der Waals surface area contributed by atoms with Gasteiger partial charge < -0.3 is 14.2 Å². The molecule has 0 saturated heterocycles. The van der Waals surface area contributed by atoms with E-state index in [-0.39, 0.29) is 6.61 Å². The number of methoxy groups -OCH3 is 1. The number of nitrogens with zero attached hydrogens (tertiary/aromatic N) is 2. The van der Waals surface area contributed by atoms with E-state index in [1.54, 1.807) is 7.11 Å². The van der Waals surface area contributed by atoms with Crippen LogP contribution in [0.1, 0.15) is 16.7 Å². The van der Waals surface area contributed by atoms with Crippen LogP contribution in [0, 0.1) is 13.8 Å². The van der Waals surface area contributed by atoms with Crippen LogP contribution >= 0.6 is 0 Å². The van der Waals surface area contributed by atoms with E-state index in [4.69, 9.17) is 4.74 Å². The maximum absolute atomic E-state index is 9.21. The number of pyridine rings is 1. The van der Waals surface area contributed by atoms with Crippen LogP contribution < -0.4 is 4.74 Å². The molecule has 0 aliphatic rings. The Morgan fingerprint density at radius 2 is 1.95 bits per heavy atom. The van der Waals surface area contributed by atoms with Crippen molar-refractivity contribution in [2.75, 3.05) is 7.11 Å². The van der Waals surface area contributed by atoms with Crippen LogP contribution in [-0.2, 0) is 6.61 Å². The van der Waals surface area contributed by atoms with Gasteiger partial charge >= 0.3 is 0 Å². The minimum atomic E-state index is 0.0195. The van der Waals surface area contributed by atoms with Gasteiger partial charge in [-0.3, -0.25) is 0 Å². The molecule has 0 aliphatic carbocycles. The summed E-state index contributed by atoms with van der Waals surface area (Å²) in [6.07, 6.45) is 3.88. The van der Waals surface area contributed by atoms with Crippen LogP contribution in [0.2, 0.25) is 0 Å². The second kappa shape index (κ2) is 5.22. The largest absolute Gasteiger partial charge is 0.496 e. The van der Waals surface area contributed by atoms with Gasteiger partial charge in [0.1, 0.15) is 11.4 Å². The van der Waals surface area contributed by atoms with Crippen molar-refractivity contribution < 1.29 is 9.84 Å². The first-order valence-electron chi connectivity index (χ1n) is 6.86. The SMILES string of the molecule is COc1cc(C)c(C)cc1-c1cn2ccc(CO)cc2n1. The van der Waals surface area contributed by atoms with E-state index in [2.05, 4.69) is 24.9 Å². The van der Waals surface area contributed by atoms with E-state index in [9.17, 15) is 5.11 Å². The number of fused-ring (bicyclic) bond motifs is 1. The molecule has 108 valence electrons. The molecule has 3 rings (SSSR count). The van der Waals surface area contributed by atoms with Gasteiger partial charge in [-0.05, 0) is 54.8 Å². The fourth-order valence-electron chi connectivity index (χ4n) is 2.41. The Morgan fingerprint density at radius 3 is 2.67 bits per heavy atom. The molecule has 4 heteroatoms. The predicted octanol–water partition coefficient (Wildman–Crippen LogP) is 3.12. The fourth-order valence-corrected chi connectivity index (χ4v) is 2.41. The first kappa shape index (κ1) is 13.6. The van der Waals surface area contributed by atoms with Crippen molar-refractivity contribution in [1.82, 2.24) is 9.38 Å². The van der Waals surface area contributed by atoms with Crippen LogP contribution in [-0.4, -0.2) is 21.6 Å². The number of benzene rings is 1. The monoisotopic (exact) mass is 282 g/mol. The molecule has 1 aromatic carbocycles. The number of rotatable bonds is 3. The number of aromatic nitrogens is 2. The number of ether oxygens (including phenoxy) is 1. The van der Waals surface area contributed by atoms with E-state index in [1.807, 2.05) is 35.0 Å². The Bertz CT molecular complexity index is 806. The molecular weight excluding hydrogens is 264 g/mol. The highest BCUT2D eigenvalue weighted by Crippen LogP contribution is 2.32. The van der Waals surface area contributed by atoms with Crippen LogP contribution in [0.4, 0.5) is 0 Å². The third-order valence-corrected chi connectivity index (χ3v) is 3.80. The number of aliphatic hydroxyl groups excluding tert-OH is 1. The molecule has 4 nitrogen and oxygen atoms in total. The molecule has 1 N–H and O–H groups in total. The van der Waals surface area contributed by atoms with Gasteiger partial charge in [-0.15, -0.1) is 0 Å². The normalized spacial score (nSPS) is 11.0. The maximum atomic E-state index is 9.21. The first-order valence-corrected chi connectivity index (χ1v) is 6.86. The molecule has 0 spiro atoms. The van der Waals surface area contributed by atoms with Crippen LogP contribution in [0.5, 0.6) is 5.75 Å². The van der Waals surface area contributed by atoms with E-state index in [1.165, 1.54) is 11.1 Å². The Balaban J connectivity index is 2.18. The lowest BCUT2D eigenvalue weighted by Crippen LogP contribution is -1.91. The lowest BCUT2D eigenvalue weighted by Gasteiger charge is -2.09. The zero-order chi connectivity index (χ0) is 15.0. The van der Waals surface area contributed by atoms with Gasteiger partial charge in [0.15, 0.2) is 0 Å². The molecule has 0 radical (unpaired) electrons. The number of aryl methyl sites for hydroxylation is 2. The number of aliphatic hydroxyl groups is 1. The summed E-state index contributed by atoms with van der Waals surface area (Å²) in [5, 5.41) is 9.21. The topological polar surface area (TPSA) is 46.8 Å². The minimum Gasteiger partial charge on any atom is -0.496 e. The molecule has 0 fully saturated rings. The molecule has 0 unspecified atom stereocenters. The van der Waals surface area contributed by atoms with Gasteiger partial charge in [-0.2, -0.15) is 0 Å². The highest BCUT2D eigenvalue weighted by Gasteiger charge is 2.12. The zero-order valence-electron chi connectivity index (χ0n) is 12.4. The smallest absolute Gasteiger partial charge is 0.137 e. The average molecular weight is 282 g/mol. The van der Waals surface area contributed by atoms with Gasteiger partial charge in [0.2, 0.25) is 0 Å². The third kappa shape index (κ3) is 2.38. The molecule has 0 amide bonds. The highest BCUT2D eigenvalue weighted by molar-refractivity contribution is 5.71. The van der Waals surface area contributed by atoms with E-state index in [0.717, 1.165) is 28.2 Å². The lowest BCUT2D eigenvalue weighted by molar-refractivity contribution is 0.282. The quantitative estimate of drug-likeness (QED) is 0.803. The van der Waals surface area contributed by atoms with Crippen LogP contribution in [0.15, 0.2) is 36.7 Å². The average Bonchev–Trinajstić information content (AvgIpc) is 2.92. The molecule has 0 aliphatic heterocycles. The Hall–Kier alpha value is -2.33. The molecule has 0 atom stereocenters. The van der Waals surface area contributed by atoms with Gasteiger partial charge in [-0.1, -0.05) is 0 Å². The second-order valence-corrected chi connectivity index (χ2v) is 5.22. The molecule has 0 bridgehead atoms. The summed E-state index contributed by atoms with van der Waals surface area (Å²) in [6, 6.07) is 7.91. The number of hydrogen-bond donors (Lipinski definition) is 1. The molecule has 0 saturated carbocycles. The van der Waals surface area contributed by atoms with Gasteiger partial charge in [0, 0.05) is 18.0 Å². The van der Waals surface area contributed by atoms with Crippen molar-refractivity contribution in [1.29, 1.82) is 0 Å². The van der Waals surface area contributed by atoms with Crippen molar-refractivity contribution in [3.63, 3.8) is 0 Å². The first-order chi connectivity index (χ1) is 10.1. The number of imidazole rings is 1. The highest BCUT2D eigenvalue weighted by atomic mass is 16.5. The summed E-state index contributed by atoms with van der Waals surface area (Å²) in [4.78, 5) is 4.64. The molecular formula is C17H18N2O2. The standard InChI is InChI=1S/C17H18N2O2/c1-11-6-14(16(21-3)7-12(11)2)15-9-19-5-4-13(10-20)8-17(19)18-15/h4-9,20H,10H2,1-3H3. The summed E-state index contributed by atoms with van der Waals surface area (Å²) in [7, 11) is 1.67. The second-order valence-electron chi connectivity index (χ2n) is 5.22. The summed E-state index contributed by atoms with van der Waals surface area (Å²) in [6.45, 7) is 4.17. The van der Waals surface area contributed by atoms with Gasteiger partial charge in [0.25, 0.3) is 0 Å². The molecule has 3 aromatic rings. The van der Waals surface area contributed by atoms with E-state index < -0.39 is 0 Å². The predicted molar refractivity (Wildman–Crippen MR) is 82.6 cm³/mol. The Morgan fingerprint density at radius 1 is 1.19 bits per heavy atom. The van der Waals surface area contributed by atoms with Gasteiger partial charge in [0.05, 0.1) is 19.4 Å². The van der Waals surface area contributed by atoms with Crippen molar-refractivity contribution in [2.24, 2.45) is 0 Å². The van der Waals surface area contributed by atoms with Crippen LogP contribution in [0.3, 0.4) is 0 Å². The fraction of sp³-hybridized carbons (Fsp3) is 0.235. The molecule has 21 heavy (non-hydrogen) atoms. The van der Waals surface area contributed by atoms with E-state index in [0.29, 0.717) is 0 Å². The summed E-state index contributed by atoms with van der Waals surface area (Å²) < 4.78 is 7.43. The van der Waals surface area contributed by atoms with Gasteiger partial charge in [-0.25, -0.2) is 4.98 Å². The summed E-state index contributed by atoms with van der Waals surface area (Å²) in [5.74, 6) is 0.823. The van der Waals surface area contributed by atoms with Crippen molar-refractivity contribution in [3.8, 4) is 17.0 Å². The van der Waals surface area contributed by atoms with Crippen molar-refractivity contribution in [2.45, 2.75) is 20.5 Å². The molecule has 2 heterocycles. The summed E-state index contributed by atoms with van der Waals surface area (Å²) >= 11 is 0. The zero-order valence-corrected chi connectivity index (χ0v) is 12.4. The minimum absolute atomic E-state index is 0.0195. The van der Waals surface area contributed by atoms with Crippen molar-refractivity contribution in [3.05, 3.63) is 53.3 Å². The lowest BCUT2D eigenvalue weighted by atomic mass is 10.0.